The molecular weight excluding hydrogens is 200 g/mol. The Hall–Kier alpha value is -0.120. The Balaban J connectivity index is 2.18. The molecule has 0 amide bonds. The normalized spacial score (nSPS) is 23.6. The topological polar surface area (TPSA) is 24.5 Å². The average molecular weight is 228 g/mol. The molecule has 1 aliphatic heterocycles. The Morgan fingerprint density at radius 1 is 1.31 bits per heavy atom. The van der Waals surface area contributed by atoms with Crippen LogP contribution in [0.15, 0.2) is 0 Å². The maximum atomic E-state index is 5.70. The minimum Gasteiger partial charge on any atom is -0.373 e. The first-order valence-corrected chi connectivity index (χ1v) is 6.50. The average Bonchev–Trinajstić information content (AvgIpc) is 2.15. The molecule has 3 heteroatoms. The van der Waals surface area contributed by atoms with Crippen LogP contribution in [-0.2, 0) is 4.74 Å². The van der Waals surface area contributed by atoms with Gasteiger partial charge in [-0.1, -0.05) is 13.8 Å². The fourth-order valence-electron chi connectivity index (χ4n) is 1.99. The van der Waals surface area contributed by atoms with Crippen molar-refractivity contribution in [2.24, 2.45) is 5.92 Å². The van der Waals surface area contributed by atoms with Gasteiger partial charge in [0.05, 0.1) is 12.2 Å². The van der Waals surface area contributed by atoms with E-state index in [1.165, 1.54) is 0 Å². The van der Waals surface area contributed by atoms with Gasteiger partial charge in [-0.3, -0.25) is 4.90 Å². The number of nitrogens with zero attached hydrogens (tertiary/aromatic N) is 1. The van der Waals surface area contributed by atoms with Gasteiger partial charge in [0.2, 0.25) is 0 Å². The molecule has 1 unspecified atom stereocenters. The highest BCUT2D eigenvalue weighted by molar-refractivity contribution is 4.79. The molecule has 1 atom stereocenters. The van der Waals surface area contributed by atoms with E-state index < -0.39 is 0 Å². The van der Waals surface area contributed by atoms with Crippen molar-refractivity contribution in [3.05, 3.63) is 0 Å². The second-order valence-electron chi connectivity index (χ2n) is 5.87. The molecule has 16 heavy (non-hydrogen) atoms. The lowest BCUT2D eigenvalue weighted by molar-refractivity contribution is -0.0855. The number of nitrogens with one attached hydrogen (secondary N) is 1. The van der Waals surface area contributed by atoms with Crippen molar-refractivity contribution < 1.29 is 4.74 Å². The van der Waals surface area contributed by atoms with Gasteiger partial charge >= 0.3 is 0 Å². The molecule has 0 aromatic carbocycles. The summed E-state index contributed by atoms with van der Waals surface area (Å²) in [5.74, 6) is 0.709. The van der Waals surface area contributed by atoms with Gasteiger partial charge in [0, 0.05) is 32.2 Å². The van der Waals surface area contributed by atoms with Crippen molar-refractivity contribution in [3.8, 4) is 0 Å². The van der Waals surface area contributed by atoms with Crippen LogP contribution in [0.5, 0.6) is 0 Å². The maximum absolute atomic E-state index is 5.70. The van der Waals surface area contributed by atoms with Gasteiger partial charge < -0.3 is 10.1 Å². The zero-order valence-corrected chi connectivity index (χ0v) is 11.5. The number of morpholine rings is 1. The third-order valence-electron chi connectivity index (χ3n) is 3.40. The summed E-state index contributed by atoms with van der Waals surface area (Å²) < 4.78 is 5.70. The first-order valence-electron chi connectivity index (χ1n) is 6.50. The molecule has 0 aliphatic carbocycles. The highest BCUT2D eigenvalue weighted by Gasteiger charge is 2.26. The van der Waals surface area contributed by atoms with Gasteiger partial charge in [-0.25, -0.2) is 0 Å². The molecule has 96 valence electrons. The molecular formula is C13H28N2O. The van der Waals surface area contributed by atoms with Crippen molar-refractivity contribution in [1.82, 2.24) is 10.2 Å². The predicted molar refractivity (Wildman–Crippen MR) is 68.8 cm³/mol. The van der Waals surface area contributed by atoms with Gasteiger partial charge in [-0.2, -0.15) is 0 Å². The predicted octanol–water partition coefficient (Wildman–Crippen LogP) is 1.73. The molecule has 1 aliphatic rings. The second-order valence-corrected chi connectivity index (χ2v) is 5.87. The van der Waals surface area contributed by atoms with E-state index in [4.69, 9.17) is 4.74 Å². The van der Waals surface area contributed by atoms with Crippen molar-refractivity contribution in [1.29, 1.82) is 0 Å². The third-order valence-corrected chi connectivity index (χ3v) is 3.40. The van der Waals surface area contributed by atoms with E-state index in [0.717, 1.165) is 32.8 Å². The van der Waals surface area contributed by atoms with Gasteiger partial charge in [-0.15, -0.1) is 0 Å². The SMILES string of the molecule is CC(C)C(C)NCCN1CCOC(C)(C)C1. The minimum atomic E-state index is 0.0297. The van der Waals surface area contributed by atoms with Crippen LogP contribution >= 0.6 is 0 Å². The third kappa shape index (κ3) is 4.81. The Bertz CT molecular complexity index is 204. The number of hydrogen-bond acceptors (Lipinski definition) is 3. The van der Waals surface area contributed by atoms with Crippen LogP contribution in [0.2, 0.25) is 0 Å². The number of ether oxygens (including phenoxy) is 1. The zero-order chi connectivity index (χ0) is 12.2. The Morgan fingerprint density at radius 2 is 2.00 bits per heavy atom. The molecule has 0 bridgehead atoms. The lowest BCUT2D eigenvalue weighted by atomic mass is 10.1. The van der Waals surface area contributed by atoms with E-state index in [-0.39, 0.29) is 5.60 Å². The highest BCUT2D eigenvalue weighted by atomic mass is 16.5. The quantitative estimate of drug-likeness (QED) is 0.775. The Labute approximate surface area is 101 Å². The standard InChI is InChI=1S/C13H28N2O/c1-11(2)12(3)14-6-7-15-8-9-16-13(4,5)10-15/h11-12,14H,6-10H2,1-5H3. The number of hydrogen-bond donors (Lipinski definition) is 1. The van der Waals surface area contributed by atoms with Crippen LogP contribution < -0.4 is 5.32 Å². The van der Waals surface area contributed by atoms with E-state index >= 15 is 0 Å². The van der Waals surface area contributed by atoms with Gasteiger partial charge in [-0.05, 0) is 26.7 Å². The van der Waals surface area contributed by atoms with E-state index in [1.54, 1.807) is 0 Å². The van der Waals surface area contributed by atoms with E-state index in [2.05, 4.69) is 44.8 Å². The molecule has 0 aromatic rings. The fourth-order valence-corrected chi connectivity index (χ4v) is 1.99. The summed E-state index contributed by atoms with van der Waals surface area (Å²) in [5.41, 5.74) is 0.0297. The van der Waals surface area contributed by atoms with Gasteiger partial charge in [0.25, 0.3) is 0 Å². The summed E-state index contributed by atoms with van der Waals surface area (Å²) in [6.07, 6.45) is 0. The van der Waals surface area contributed by atoms with E-state index in [0.29, 0.717) is 12.0 Å². The summed E-state index contributed by atoms with van der Waals surface area (Å²) in [5, 5.41) is 3.57. The molecule has 0 saturated carbocycles. The van der Waals surface area contributed by atoms with E-state index in [1.807, 2.05) is 0 Å². The van der Waals surface area contributed by atoms with Crippen molar-refractivity contribution >= 4 is 0 Å². The van der Waals surface area contributed by atoms with Gasteiger partial charge in [0.15, 0.2) is 0 Å². The minimum absolute atomic E-state index is 0.0297. The first kappa shape index (κ1) is 13.9. The van der Waals surface area contributed by atoms with Crippen LogP contribution in [0.1, 0.15) is 34.6 Å². The summed E-state index contributed by atoms with van der Waals surface area (Å²) in [4.78, 5) is 2.49. The number of rotatable bonds is 5. The molecule has 0 radical (unpaired) electrons. The molecule has 1 N–H and O–H groups in total. The molecule has 3 nitrogen and oxygen atoms in total. The summed E-state index contributed by atoms with van der Waals surface area (Å²) in [6, 6.07) is 0.606. The lowest BCUT2D eigenvalue weighted by Crippen LogP contribution is -2.50. The van der Waals surface area contributed by atoms with Crippen molar-refractivity contribution in [2.75, 3.05) is 32.8 Å². The van der Waals surface area contributed by atoms with Crippen molar-refractivity contribution in [3.63, 3.8) is 0 Å². The van der Waals surface area contributed by atoms with Crippen LogP contribution in [0.4, 0.5) is 0 Å². The molecule has 1 heterocycles. The fraction of sp³-hybridized carbons (Fsp3) is 1.00. The molecule has 1 saturated heterocycles. The molecule has 1 fully saturated rings. The van der Waals surface area contributed by atoms with Crippen LogP contribution in [0.3, 0.4) is 0 Å². The summed E-state index contributed by atoms with van der Waals surface area (Å²) in [7, 11) is 0. The monoisotopic (exact) mass is 228 g/mol. The Morgan fingerprint density at radius 3 is 2.56 bits per heavy atom. The smallest absolute Gasteiger partial charge is 0.0753 e. The Kier molecular flexibility index (Phi) is 5.22. The lowest BCUT2D eigenvalue weighted by Gasteiger charge is -2.38. The largest absolute Gasteiger partial charge is 0.373 e. The van der Waals surface area contributed by atoms with E-state index in [9.17, 15) is 0 Å². The maximum Gasteiger partial charge on any atom is 0.0753 e. The summed E-state index contributed by atoms with van der Waals surface area (Å²) >= 11 is 0. The van der Waals surface area contributed by atoms with Crippen LogP contribution in [0, 0.1) is 5.92 Å². The summed E-state index contributed by atoms with van der Waals surface area (Å²) in [6.45, 7) is 16.3. The highest BCUT2D eigenvalue weighted by Crippen LogP contribution is 2.15. The molecule has 1 rings (SSSR count). The van der Waals surface area contributed by atoms with Crippen LogP contribution in [0.25, 0.3) is 0 Å². The second kappa shape index (κ2) is 5.99. The van der Waals surface area contributed by atoms with Crippen LogP contribution in [-0.4, -0.2) is 49.3 Å². The van der Waals surface area contributed by atoms with Gasteiger partial charge in [0.1, 0.15) is 0 Å². The molecule has 0 spiro atoms. The molecule has 0 aromatic heterocycles. The van der Waals surface area contributed by atoms with Crippen molar-refractivity contribution in [2.45, 2.75) is 46.3 Å². The first-order chi connectivity index (χ1) is 7.41. The zero-order valence-electron chi connectivity index (χ0n) is 11.5.